The van der Waals surface area contributed by atoms with Gasteiger partial charge in [0.05, 0.1) is 5.75 Å². The summed E-state index contributed by atoms with van der Waals surface area (Å²) in [6.07, 6.45) is 4.90. The fraction of sp³-hybridized carbons (Fsp3) is 0.417. The molecule has 1 aliphatic rings. The number of anilines is 2. The molecule has 2 amide bonds. The van der Waals surface area contributed by atoms with Gasteiger partial charge in [0.25, 0.3) is 0 Å². The summed E-state index contributed by atoms with van der Waals surface area (Å²) in [6, 6.07) is 14.0. The lowest BCUT2D eigenvalue weighted by atomic mass is 10.1. The molecule has 2 aromatic rings. The number of carbonyl (C=O) groups is 2. The Morgan fingerprint density at radius 1 is 1.10 bits per heavy atom. The fourth-order valence-corrected chi connectivity index (χ4v) is 4.70. The molecule has 1 unspecified atom stereocenters. The molecular formula is C24H30N2O2S. The number of nitrogens with one attached hydrogen (secondary N) is 1. The van der Waals surface area contributed by atoms with Crippen LogP contribution >= 0.6 is 11.8 Å². The minimum atomic E-state index is -0.0778. The predicted molar refractivity (Wildman–Crippen MR) is 122 cm³/mol. The maximum atomic E-state index is 12.6. The number of hydrogen-bond acceptors (Lipinski definition) is 3. The molecular weight excluding hydrogens is 380 g/mol. The lowest BCUT2D eigenvalue weighted by Crippen LogP contribution is -2.28. The summed E-state index contributed by atoms with van der Waals surface area (Å²) in [5.74, 6) is 0.638. The van der Waals surface area contributed by atoms with Gasteiger partial charge >= 0.3 is 0 Å². The summed E-state index contributed by atoms with van der Waals surface area (Å²) in [6.45, 7) is 6.31. The Balaban J connectivity index is 1.74. The van der Waals surface area contributed by atoms with Gasteiger partial charge in [-0.25, -0.2) is 0 Å². The van der Waals surface area contributed by atoms with E-state index >= 15 is 0 Å². The normalized spacial score (nSPS) is 16.3. The van der Waals surface area contributed by atoms with E-state index in [-0.39, 0.29) is 17.2 Å². The van der Waals surface area contributed by atoms with E-state index in [0.717, 1.165) is 29.8 Å². The van der Waals surface area contributed by atoms with E-state index in [1.54, 1.807) is 11.8 Å². The molecule has 1 heterocycles. The zero-order valence-corrected chi connectivity index (χ0v) is 18.3. The number of hydrogen-bond donors (Lipinski definition) is 1. The topological polar surface area (TPSA) is 49.4 Å². The van der Waals surface area contributed by atoms with E-state index in [2.05, 4.69) is 38.2 Å². The second kappa shape index (κ2) is 9.97. The van der Waals surface area contributed by atoms with Crippen LogP contribution in [0.5, 0.6) is 0 Å². The van der Waals surface area contributed by atoms with E-state index < -0.39 is 0 Å². The van der Waals surface area contributed by atoms with Crippen LogP contribution in [0.3, 0.4) is 0 Å². The van der Waals surface area contributed by atoms with E-state index in [0.29, 0.717) is 12.2 Å². The maximum Gasteiger partial charge on any atom is 0.238 e. The molecule has 0 radical (unpaired) electrons. The number of amides is 2. The van der Waals surface area contributed by atoms with Crippen molar-refractivity contribution in [3.63, 3.8) is 0 Å². The Labute approximate surface area is 178 Å². The molecule has 1 aliphatic heterocycles. The van der Waals surface area contributed by atoms with Crippen molar-refractivity contribution in [3.8, 4) is 0 Å². The van der Waals surface area contributed by atoms with Crippen molar-refractivity contribution in [2.75, 3.05) is 16.0 Å². The van der Waals surface area contributed by atoms with Crippen LogP contribution in [0.2, 0.25) is 0 Å². The first-order valence-corrected chi connectivity index (χ1v) is 11.4. The van der Waals surface area contributed by atoms with Gasteiger partial charge in [-0.15, -0.1) is 11.8 Å². The van der Waals surface area contributed by atoms with E-state index in [1.807, 2.05) is 35.2 Å². The highest BCUT2D eigenvalue weighted by Crippen LogP contribution is 2.42. The SMILES string of the molecule is CCCCCCC(=O)Nc1cccc(C2SCC(=O)N2c2ccc(C)c(C)c2)c1. The summed E-state index contributed by atoms with van der Waals surface area (Å²) in [7, 11) is 0. The van der Waals surface area contributed by atoms with Crippen LogP contribution < -0.4 is 10.2 Å². The van der Waals surface area contributed by atoms with Crippen LogP contribution in [0, 0.1) is 13.8 Å². The standard InChI is InChI=1S/C24H30N2O2S/c1-4-5-6-7-11-22(27)25-20-10-8-9-19(15-20)24-26(23(28)16-29-24)21-13-12-17(2)18(3)14-21/h8-10,12-15,24H,4-7,11,16H2,1-3H3,(H,25,27). The number of benzene rings is 2. The molecule has 1 atom stereocenters. The lowest BCUT2D eigenvalue weighted by molar-refractivity contribution is -0.117. The quantitative estimate of drug-likeness (QED) is 0.544. The van der Waals surface area contributed by atoms with Crippen LogP contribution in [0.15, 0.2) is 42.5 Å². The van der Waals surface area contributed by atoms with Crippen molar-refractivity contribution in [2.45, 2.75) is 58.2 Å². The maximum absolute atomic E-state index is 12.6. The highest BCUT2D eigenvalue weighted by molar-refractivity contribution is 8.00. The van der Waals surface area contributed by atoms with Gasteiger partial charge in [0.2, 0.25) is 11.8 Å². The molecule has 0 spiro atoms. The van der Waals surface area contributed by atoms with Gasteiger partial charge < -0.3 is 5.32 Å². The Morgan fingerprint density at radius 3 is 2.69 bits per heavy atom. The van der Waals surface area contributed by atoms with Gasteiger partial charge in [0.15, 0.2) is 0 Å². The summed E-state index contributed by atoms with van der Waals surface area (Å²) in [5, 5.41) is 2.94. The van der Waals surface area contributed by atoms with E-state index in [1.165, 1.54) is 24.0 Å². The zero-order valence-electron chi connectivity index (χ0n) is 17.5. The Hall–Kier alpha value is -2.27. The van der Waals surface area contributed by atoms with Crippen molar-refractivity contribution in [1.29, 1.82) is 0 Å². The Bertz CT molecular complexity index is 881. The third-order valence-corrected chi connectivity index (χ3v) is 6.56. The number of carbonyl (C=O) groups excluding carboxylic acids is 2. The molecule has 2 aromatic carbocycles. The highest BCUT2D eigenvalue weighted by atomic mass is 32.2. The van der Waals surface area contributed by atoms with Crippen molar-refractivity contribution in [2.24, 2.45) is 0 Å². The molecule has 5 heteroatoms. The first kappa shape index (κ1) is 21.4. The number of unbranched alkanes of at least 4 members (excludes halogenated alkanes) is 3. The van der Waals surface area contributed by atoms with Gasteiger partial charge in [0, 0.05) is 17.8 Å². The molecule has 154 valence electrons. The largest absolute Gasteiger partial charge is 0.326 e. The van der Waals surface area contributed by atoms with Crippen molar-refractivity contribution in [1.82, 2.24) is 0 Å². The second-order valence-corrected chi connectivity index (χ2v) is 8.75. The van der Waals surface area contributed by atoms with Crippen LogP contribution in [0.25, 0.3) is 0 Å². The molecule has 0 aliphatic carbocycles. The summed E-state index contributed by atoms with van der Waals surface area (Å²) < 4.78 is 0. The molecule has 1 saturated heterocycles. The van der Waals surface area contributed by atoms with Gasteiger partial charge in [0.1, 0.15) is 5.37 Å². The average molecular weight is 411 g/mol. The number of aryl methyl sites for hydroxylation is 2. The average Bonchev–Trinajstić information content (AvgIpc) is 3.09. The van der Waals surface area contributed by atoms with Gasteiger partial charge in [-0.3, -0.25) is 14.5 Å². The Morgan fingerprint density at radius 2 is 1.93 bits per heavy atom. The molecule has 29 heavy (non-hydrogen) atoms. The molecule has 4 nitrogen and oxygen atoms in total. The molecule has 1 N–H and O–H groups in total. The van der Waals surface area contributed by atoms with Gasteiger partial charge in [-0.05, 0) is 61.2 Å². The smallest absolute Gasteiger partial charge is 0.238 e. The van der Waals surface area contributed by atoms with Crippen molar-refractivity contribution in [3.05, 3.63) is 59.2 Å². The van der Waals surface area contributed by atoms with Crippen molar-refractivity contribution < 1.29 is 9.59 Å². The monoisotopic (exact) mass is 410 g/mol. The highest BCUT2D eigenvalue weighted by Gasteiger charge is 2.34. The van der Waals surface area contributed by atoms with Crippen LogP contribution in [0.1, 0.15) is 61.1 Å². The van der Waals surface area contributed by atoms with Gasteiger partial charge in [-0.1, -0.05) is 44.4 Å². The third kappa shape index (κ3) is 5.41. The van der Waals surface area contributed by atoms with Crippen molar-refractivity contribution >= 4 is 35.0 Å². The minimum Gasteiger partial charge on any atom is -0.326 e. The van der Waals surface area contributed by atoms with E-state index in [4.69, 9.17) is 0 Å². The summed E-state index contributed by atoms with van der Waals surface area (Å²) >= 11 is 1.63. The first-order valence-electron chi connectivity index (χ1n) is 10.4. The van der Waals surface area contributed by atoms with Gasteiger partial charge in [-0.2, -0.15) is 0 Å². The van der Waals surface area contributed by atoms with Crippen LogP contribution in [-0.2, 0) is 9.59 Å². The number of nitrogens with zero attached hydrogens (tertiary/aromatic N) is 1. The Kier molecular flexibility index (Phi) is 7.37. The van der Waals surface area contributed by atoms with E-state index in [9.17, 15) is 9.59 Å². The molecule has 3 rings (SSSR count). The molecule has 0 saturated carbocycles. The number of rotatable bonds is 8. The summed E-state index contributed by atoms with van der Waals surface area (Å²) in [5.41, 5.74) is 5.15. The third-order valence-electron chi connectivity index (χ3n) is 5.35. The minimum absolute atomic E-state index is 0.0550. The van der Waals surface area contributed by atoms with Crippen LogP contribution in [-0.4, -0.2) is 17.6 Å². The second-order valence-electron chi connectivity index (χ2n) is 7.68. The summed E-state index contributed by atoms with van der Waals surface area (Å²) in [4.78, 5) is 26.7. The number of thioether (sulfide) groups is 1. The fourth-order valence-electron chi connectivity index (χ4n) is 3.53. The molecule has 0 aromatic heterocycles. The first-order chi connectivity index (χ1) is 14.0. The predicted octanol–water partition coefficient (Wildman–Crippen LogP) is 5.99. The van der Waals surface area contributed by atoms with Crippen LogP contribution in [0.4, 0.5) is 11.4 Å². The lowest BCUT2D eigenvalue weighted by Gasteiger charge is -2.25. The molecule has 1 fully saturated rings. The molecule has 0 bridgehead atoms. The zero-order chi connectivity index (χ0) is 20.8.